The molecule has 0 bridgehead atoms. The molecule has 24 heavy (non-hydrogen) atoms. The average Bonchev–Trinajstić information content (AvgIpc) is 3.11. The van der Waals surface area contributed by atoms with Crippen molar-refractivity contribution in [2.75, 3.05) is 12.0 Å². The van der Waals surface area contributed by atoms with E-state index < -0.39 is 17.8 Å². The Morgan fingerprint density at radius 3 is 2.33 bits per heavy atom. The normalized spacial score (nSPS) is 13.4. The molecule has 2 heterocycles. The number of hydrogen-bond donors (Lipinski definition) is 2. The maximum atomic E-state index is 12.2. The molecular formula is C15H15N5O3S. The second-order valence-electron chi connectivity index (χ2n) is 5.47. The maximum absolute atomic E-state index is 12.2. The number of imide groups is 1. The van der Waals surface area contributed by atoms with Crippen molar-refractivity contribution < 1.29 is 14.4 Å². The van der Waals surface area contributed by atoms with Gasteiger partial charge in [0.25, 0.3) is 11.8 Å². The summed E-state index contributed by atoms with van der Waals surface area (Å²) in [6.45, 7) is 3.74. The predicted molar refractivity (Wildman–Crippen MR) is 88.0 cm³/mol. The van der Waals surface area contributed by atoms with Gasteiger partial charge < -0.3 is 5.32 Å². The second-order valence-corrected chi connectivity index (χ2v) is 6.48. The molecule has 1 aliphatic rings. The highest BCUT2D eigenvalue weighted by molar-refractivity contribution is 7.15. The summed E-state index contributed by atoms with van der Waals surface area (Å²) in [6.07, 6.45) is 0. The minimum absolute atomic E-state index is 0.214. The van der Waals surface area contributed by atoms with Gasteiger partial charge >= 0.3 is 6.03 Å². The lowest BCUT2D eigenvalue weighted by molar-refractivity contribution is 0.0648. The van der Waals surface area contributed by atoms with E-state index >= 15 is 0 Å². The number of rotatable bonds is 4. The number of fused-ring (bicyclic) bond motifs is 1. The molecule has 0 unspecified atom stereocenters. The van der Waals surface area contributed by atoms with Gasteiger partial charge in [-0.1, -0.05) is 37.3 Å². The van der Waals surface area contributed by atoms with Gasteiger partial charge in [0.05, 0.1) is 11.1 Å². The Hall–Kier alpha value is -2.81. The molecule has 1 aromatic carbocycles. The van der Waals surface area contributed by atoms with Gasteiger partial charge in [0.2, 0.25) is 5.13 Å². The van der Waals surface area contributed by atoms with E-state index in [4.69, 9.17) is 0 Å². The minimum Gasteiger partial charge on any atom is -0.320 e. The van der Waals surface area contributed by atoms with Gasteiger partial charge in [-0.3, -0.25) is 19.8 Å². The summed E-state index contributed by atoms with van der Waals surface area (Å²) in [4.78, 5) is 37.2. The molecule has 0 atom stereocenters. The van der Waals surface area contributed by atoms with Crippen LogP contribution in [0.2, 0.25) is 0 Å². The Balaban J connectivity index is 1.59. The van der Waals surface area contributed by atoms with Crippen molar-refractivity contribution in [1.82, 2.24) is 20.4 Å². The molecule has 8 nitrogen and oxygen atoms in total. The van der Waals surface area contributed by atoms with Crippen LogP contribution in [0.25, 0.3) is 0 Å². The topological polar surface area (TPSA) is 104 Å². The van der Waals surface area contributed by atoms with Gasteiger partial charge in [-0.25, -0.2) is 4.79 Å². The Kier molecular flexibility index (Phi) is 4.26. The first-order chi connectivity index (χ1) is 11.5. The smallest absolute Gasteiger partial charge is 0.320 e. The van der Waals surface area contributed by atoms with E-state index in [9.17, 15) is 14.4 Å². The van der Waals surface area contributed by atoms with Crippen LogP contribution in [-0.2, 0) is 0 Å². The average molecular weight is 345 g/mol. The molecule has 124 valence electrons. The lowest BCUT2D eigenvalue weighted by Gasteiger charge is -2.14. The van der Waals surface area contributed by atoms with Crippen LogP contribution in [-0.4, -0.2) is 39.6 Å². The first kappa shape index (κ1) is 16.1. The van der Waals surface area contributed by atoms with Crippen molar-refractivity contribution in [1.29, 1.82) is 0 Å². The zero-order valence-electron chi connectivity index (χ0n) is 13.1. The van der Waals surface area contributed by atoms with Crippen molar-refractivity contribution in [3.05, 3.63) is 40.4 Å². The first-order valence-corrected chi connectivity index (χ1v) is 8.12. The van der Waals surface area contributed by atoms with Crippen LogP contribution in [0.4, 0.5) is 9.93 Å². The van der Waals surface area contributed by atoms with Gasteiger partial charge in [0.15, 0.2) is 0 Å². The Morgan fingerprint density at radius 2 is 1.79 bits per heavy atom. The van der Waals surface area contributed by atoms with E-state index in [1.165, 1.54) is 11.3 Å². The lowest BCUT2D eigenvalue weighted by Crippen LogP contribution is -2.42. The number of carbonyl (C=O) groups excluding carboxylic acids is 3. The third kappa shape index (κ3) is 2.98. The standard InChI is InChI=1S/C15H15N5O3S/c1-8(2)11-18-19-15(24-11)17-14(23)16-7-20-12(21)9-5-3-4-6-10(9)13(20)22/h3-6,8H,7H2,1-2H3,(H2,16,17,19,23). The highest BCUT2D eigenvalue weighted by Crippen LogP contribution is 2.23. The molecule has 3 rings (SSSR count). The summed E-state index contributed by atoms with van der Waals surface area (Å²) < 4.78 is 0. The van der Waals surface area contributed by atoms with E-state index in [1.807, 2.05) is 13.8 Å². The molecule has 0 spiro atoms. The second kappa shape index (κ2) is 6.36. The van der Waals surface area contributed by atoms with Crippen LogP contribution in [0, 0.1) is 0 Å². The number of nitrogens with one attached hydrogen (secondary N) is 2. The number of hydrogen-bond acceptors (Lipinski definition) is 6. The highest BCUT2D eigenvalue weighted by Gasteiger charge is 2.35. The zero-order valence-corrected chi connectivity index (χ0v) is 13.9. The summed E-state index contributed by atoms with van der Waals surface area (Å²) in [5.74, 6) is -0.623. The van der Waals surface area contributed by atoms with Crippen molar-refractivity contribution in [2.24, 2.45) is 0 Å². The number of aromatic nitrogens is 2. The number of amides is 4. The van der Waals surface area contributed by atoms with E-state index in [1.54, 1.807) is 24.3 Å². The predicted octanol–water partition coefficient (Wildman–Crippen LogP) is 2.04. The van der Waals surface area contributed by atoms with E-state index in [-0.39, 0.29) is 12.6 Å². The van der Waals surface area contributed by atoms with E-state index in [2.05, 4.69) is 20.8 Å². The molecule has 0 saturated carbocycles. The number of anilines is 1. The Labute approximate surface area is 141 Å². The number of carbonyl (C=O) groups is 3. The van der Waals surface area contributed by atoms with Gasteiger partial charge in [-0.05, 0) is 12.1 Å². The van der Waals surface area contributed by atoms with E-state index in [0.29, 0.717) is 16.3 Å². The Bertz CT molecular complexity index is 782. The summed E-state index contributed by atoms with van der Waals surface area (Å²) in [5.41, 5.74) is 0.686. The molecule has 1 aliphatic heterocycles. The van der Waals surface area contributed by atoms with Crippen LogP contribution in [0.3, 0.4) is 0 Å². The summed E-state index contributed by atoms with van der Waals surface area (Å²) in [6, 6.07) is 6.00. The molecule has 2 N–H and O–H groups in total. The largest absolute Gasteiger partial charge is 0.322 e. The lowest BCUT2D eigenvalue weighted by atomic mass is 10.1. The molecule has 0 radical (unpaired) electrons. The fraction of sp³-hybridized carbons (Fsp3) is 0.267. The summed E-state index contributed by atoms with van der Waals surface area (Å²) in [7, 11) is 0. The summed E-state index contributed by atoms with van der Waals surface area (Å²) in [5, 5.41) is 14.0. The third-order valence-electron chi connectivity index (χ3n) is 3.43. The quantitative estimate of drug-likeness (QED) is 0.825. The molecular weight excluding hydrogens is 330 g/mol. The van der Waals surface area contributed by atoms with E-state index in [0.717, 1.165) is 9.91 Å². The number of nitrogens with zero attached hydrogens (tertiary/aromatic N) is 3. The SMILES string of the molecule is CC(C)c1nnc(NC(=O)NCN2C(=O)c3ccccc3C2=O)s1. The first-order valence-electron chi connectivity index (χ1n) is 7.31. The van der Waals surface area contributed by atoms with Gasteiger partial charge in [-0.15, -0.1) is 10.2 Å². The molecule has 0 saturated heterocycles. The van der Waals surface area contributed by atoms with Crippen molar-refractivity contribution in [2.45, 2.75) is 19.8 Å². The Morgan fingerprint density at radius 1 is 1.17 bits per heavy atom. The van der Waals surface area contributed by atoms with Crippen LogP contribution >= 0.6 is 11.3 Å². The van der Waals surface area contributed by atoms with Crippen molar-refractivity contribution in [3.63, 3.8) is 0 Å². The van der Waals surface area contributed by atoms with Crippen LogP contribution in [0.1, 0.15) is 45.5 Å². The minimum atomic E-state index is -0.557. The molecule has 4 amide bonds. The zero-order chi connectivity index (χ0) is 17.3. The van der Waals surface area contributed by atoms with Crippen LogP contribution in [0.5, 0.6) is 0 Å². The number of benzene rings is 1. The molecule has 0 aliphatic carbocycles. The van der Waals surface area contributed by atoms with Crippen LogP contribution < -0.4 is 10.6 Å². The van der Waals surface area contributed by atoms with Gasteiger partial charge in [0.1, 0.15) is 11.7 Å². The van der Waals surface area contributed by atoms with Crippen LogP contribution in [0.15, 0.2) is 24.3 Å². The fourth-order valence-corrected chi connectivity index (χ4v) is 2.93. The van der Waals surface area contributed by atoms with Crippen molar-refractivity contribution >= 4 is 34.3 Å². The van der Waals surface area contributed by atoms with Gasteiger partial charge in [-0.2, -0.15) is 0 Å². The van der Waals surface area contributed by atoms with Crippen molar-refractivity contribution in [3.8, 4) is 0 Å². The third-order valence-corrected chi connectivity index (χ3v) is 4.57. The molecule has 9 heteroatoms. The molecule has 0 fully saturated rings. The molecule has 1 aromatic heterocycles. The molecule has 2 aromatic rings. The maximum Gasteiger partial charge on any atom is 0.322 e. The highest BCUT2D eigenvalue weighted by atomic mass is 32.1. The summed E-state index contributed by atoms with van der Waals surface area (Å²) >= 11 is 1.28. The number of urea groups is 1. The monoisotopic (exact) mass is 345 g/mol. The van der Waals surface area contributed by atoms with Gasteiger partial charge in [0, 0.05) is 5.92 Å². The fourth-order valence-electron chi connectivity index (χ4n) is 2.19.